The van der Waals surface area contributed by atoms with Gasteiger partial charge in [0.2, 0.25) is 23.7 Å². The number of hydrogen-bond acceptors (Lipinski definition) is 10. The highest BCUT2D eigenvalue weighted by Crippen LogP contribution is 2.31. The number of ether oxygens (including phenoxy) is 2. The summed E-state index contributed by atoms with van der Waals surface area (Å²) in [5.41, 5.74) is 11.7. The standard InChI is InChI=1S/2C21H17ClN4O/c2*1-14-11-17(7-9-22)12-15(2)20(14)27-19-8-10-24-21(26-19)25-18-5-3-16(13-23)4-6-18/h2*3-12H,1-2H3,(H,24,25,26)/b9-7+;9-7-. The van der Waals surface area contributed by atoms with Crippen molar-refractivity contribution in [2.75, 3.05) is 10.6 Å². The molecule has 0 aliphatic rings. The highest BCUT2D eigenvalue weighted by molar-refractivity contribution is 6.27. The first-order valence-electron chi connectivity index (χ1n) is 16.5. The van der Waals surface area contributed by atoms with Gasteiger partial charge >= 0.3 is 0 Å². The summed E-state index contributed by atoms with van der Waals surface area (Å²) in [6.45, 7) is 7.91. The second-order valence-corrected chi connectivity index (χ2v) is 12.3. The van der Waals surface area contributed by atoms with Crippen LogP contribution in [0.3, 0.4) is 0 Å². The van der Waals surface area contributed by atoms with E-state index in [-0.39, 0.29) is 0 Å². The van der Waals surface area contributed by atoms with Crippen molar-refractivity contribution in [2.45, 2.75) is 27.7 Å². The molecule has 0 aliphatic heterocycles. The van der Waals surface area contributed by atoms with Gasteiger partial charge in [-0.05, 0) is 146 Å². The molecular weight excluding hydrogens is 719 g/mol. The Kier molecular flexibility index (Phi) is 13.3. The Morgan fingerprint density at radius 3 is 1.22 bits per heavy atom. The van der Waals surface area contributed by atoms with E-state index in [9.17, 15) is 0 Å². The van der Waals surface area contributed by atoms with E-state index in [2.05, 4.69) is 42.7 Å². The number of rotatable bonds is 10. The number of nitrogens with zero attached hydrogens (tertiary/aromatic N) is 6. The number of benzene rings is 4. The van der Waals surface area contributed by atoms with Gasteiger partial charge in [0.25, 0.3) is 0 Å². The van der Waals surface area contributed by atoms with Crippen LogP contribution in [0, 0.1) is 50.4 Å². The quantitative estimate of drug-likeness (QED) is 0.139. The van der Waals surface area contributed by atoms with E-state index >= 15 is 0 Å². The summed E-state index contributed by atoms with van der Waals surface area (Å²) in [5.74, 6) is 3.21. The van der Waals surface area contributed by atoms with Gasteiger partial charge in [-0.15, -0.1) is 0 Å². The molecule has 0 saturated carbocycles. The van der Waals surface area contributed by atoms with Crippen molar-refractivity contribution in [3.63, 3.8) is 0 Å². The number of hydrogen-bond donors (Lipinski definition) is 2. The van der Waals surface area contributed by atoms with Crippen LogP contribution >= 0.6 is 23.2 Å². The Hall–Kier alpha value is -6.72. The van der Waals surface area contributed by atoms with Gasteiger partial charge in [0.1, 0.15) is 11.5 Å². The molecule has 4 aromatic carbocycles. The second kappa shape index (κ2) is 18.7. The fourth-order valence-corrected chi connectivity index (χ4v) is 5.56. The highest BCUT2D eigenvalue weighted by Gasteiger charge is 2.11. The molecule has 2 heterocycles. The number of halogens is 2. The van der Waals surface area contributed by atoms with E-state index in [4.69, 9.17) is 43.2 Å². The Morgan fingerprint density at radius 1 is 0.556 bits per heavy atom. The molecule has 0 atom stereocenters. The first-order chi connectivity index (χ1) is 26.2. The van der Waals surface area contributed by atoms with Gasteiger partial charge in [-0.3, -0.25) is 0 Å². The van der Waals surface area contributed by atoms with Crippen molar-refractivity contribution in [1.82, 2.24) is 19.9 Å². The number of nitriles is 2. The van der Waals surface area contributed by atoms with Crippen LogP contribution in [0.4, 0.5) is 23.3 Å². The van der Waals surface area contributed by atoms with Gasteiger partial charge in [0.05, 0.1) is 23.3 Å². The number of nitrogens with one attached hydrogen (secondary N) is 2. The van der Waals surface area contributed by atoms with Crippen molar-refractivity contribution >= 4 is 58.6 Å². The average Bonchev–Trinajstić information content (AvgIpc) is 3.16. The average molecular weight is 754 g/mol. The van der Waals surface area contributed by atoms with Gasteiger partial charge in [0, 0.05) is 47.0 Å². The molecule has 54 heavy (non-hydrogen) atoms. The minimum Gasteiger partial charge on any atom is -0.438 e. The number of aryl methyl sites for hydroxylation is 4. The van der Waals surface area contributed by atoms with Crippen LogP contribution in [0.2, 0.25) is 0 Å². The maximum atomic E-state index is 8.86. The van der Waals surface area contributed by atoms with E-state index in [0.717, 1.165) is 56.3 Å². The molecule has 2 N–H and O–H groups in total. The van der Waals surface area contributed by atoms with Crippen LogP contribution in [0.1, 0.15) is 44.5 Å². The summed E-state index contributed by atoms with van der Waals surface area (Å²) in [6.07, 6.45) is 6.92. The molecule has 2 aromatic heterocycles. The number of aromatic nitrogens is 4. The smallest absolute Gasteiger partial charge is 0.230 e. The normalized spacial score (nSPS) is 10.6. The summed E-state index contributed by atoms with van der Waals surface area (Å²) in [7, 11) is 0. The van der Waals surface area contributed by atoms with Crippen LogP contribution in [-0.2, 0) is 0 Å². The van der Waals surface area contributed by atoms with E-state index in [0.29, 0.717) is 34.8 Å². The fraction of sp³-hybridized carbons (Fsp3) is 0.0952. The first kappa shape index (κ1) is 38.5. The van der Waals surface area contributed by atoms with Crippen molar-refractivity contribution < 1.29 is 9.47 Å². The molecule has 268 valence electrons. The van der Waals surface area contributed by atoms with Crippen LogP contribution < -0.4 is 20.1 Å². The lowest BCUT2D eigenvalue weighted by Gasteiger charge is -2.13. The van der Waals surface area contributed by atoms with Crippen LogP contribution in [0.25, 0.3) is 12.2 Å². The molecule has 10 nitrogen and oxygen atoms in total. The topological polar surface area (TPSA) is 142 Å². The zero-order chi connectivity index (χ0) is 38.5. The number of anilines is 4. The first-order valence-corrected chi connectivity index (χ1v) is 17.4. The minimum absolute atomic E-state index is 0.411. The molecule has 0 fully saturated rings. The maximum absolute atomic E-state index is 8.86. The molecular formula is C42H34Cl2N8O2. The molecule has 6 aromatic rings. The minimum atomic E-state index is 0.411. The lowest BCUT2D eigenvalue weighted by molar-refractivity contribution is 0.455. The SMILES string of the molecule is Cc1cc(/C=C/Cl)cc(C)c1Oc1ccnc(Nc2ccc(C#N)cc2)n1.Cc1cc(/C=C\Cl)cc(C)c1Oc1ccnc(Nc2ccc(C#N)cc2)n1. The monoisotopic (exact) mass is 752 g/mol. The third-order valence-electron chi connectivity index (χ3n) is 7.69. The Balaban J connectivity index is 0.000000208. The zero-order valence-corrected chi connectivity index (χ0v) is 31.3. The Morgan fingerprint density at radius 2 is 0.907 bits per heavy atom. The molecule has 0 aliphatic carbocycles. The Labute approximate surface area is 324 Å². The van der Waals surface area contributed by atoms with E-state index in [1.54, 1.807) is 73.1 Å². The fourth-order valence-electron chi connectivity index (χ4n) is 5.27. The van der Waals surface area contributed by atoms with Crippen LogP contribution in [-0.4, -0.2) is 19.9 Å². The molecule has 0 radical (unpaired) electrons. The summed E-state index contributed by atoms with van der Waals surface area (Å²) < 4.78 is 12.0. The summed E-state index contributed by atoms with van der Waals surface area (Å²) >= 11 is 11.3. The van der Waals surface area contributed by atoms with Gasteiger partial charge in [-0.1, -0.05) is 23.2 Å². The largest absolute Gasteiger partial charge is 0.438 e. The zero-order valence-electron chi connectivity index (χ0n) is 29.8. The lowest BCUT2D eigenvalue weighted by atomic mass is 10.1. The lowest BCUT2D eigenvalue weighted by Crippen LogP contribution is -1.99. The highest BCUT2D eigenvalue weighted by atomic mass is 35.5. The molecule has 0 spiro atoms. The van der Waals surface area contributed by atoms with E-state index in [1.165, 1.54) is 11.1 Å². The summed E-state index contributed by atoms with van der Waals surface area (Å²) in [6, 6.07) is 29.7. The Bertz CT molecular complexity index is 2170. The van der Waals surface area contributed by atoms with Gasteiger partial charge < -0.3 is 20.1 Å². The molecule has 0 amide bonds. The molecule has 0 unspecified atom stereocenters. The third kappa shape index (κ3) is 10.7. The van der Waals surface area contributed by atoms with Gasteiger partial charge in [-0.25, -0.2) is 9.97 Å². The van der Waals surface area contributed by atoms with Gasteiger partial charge in [-0.2, -0.15) is 20.5 Å². The maximum Gasteiger partial charge on any atom is 0.230 e. The van der Waals surface area contributed by atoms with Crippen molar-refractivity contribution in [1.29, 1.82) is 10.5 Å². The predicted molar refractivity (Wildman–Crippen MR) is 215 cm³/mol. The molecule has 12 heteroatoms. The summed E-state index contributed by atoms with van der Waals surface area (Å²) in [5, 5.41) is 23.9. The van der Waals surface area contributed by atoms with Crippen molar-refractivity contribution in [3.8, 4) is 35.4 Å². The molecule has 0 saturated heterocycles. The van der Waals surface area contributed by atoms with Crippen molar-refractivity contribution in [3.05, 3.63) is 153 Å². The van der Waals surface area contributed by atoms with Crippen LogP contribution in [0.15, 0.2) is 108 Å². The second-order valence-electron chi connectivity index (χ2n) is 11.8. The van der Waals surface area contributed by atoms with E-state index < -0.39 is 0 Å². The predicted octanol–water partition coefficient (Wildman–Crippen LogP) is 11.4. The van der Waals surface area contributed by atoms with E-state index in [1.807, 2.05) is 64.1 Å². The molecule has 0 bridgehead atoms. The van der Waals surface area contributed by atoms with Crippen molar-refractivity contribution in [2.24, 2.45) is 0 Å². The van der Waals surface area contributed by atoms with Gasteiger partial charge in [0.15, 0.2) is 0 Å². The third-order valence-corrected chi connectivity index (χ3v) is 7.94. The summed E-state index contributed by atoms with van der Waals surface area (Å²) in [4.78, 5) is 17.2. The van der Waals surface area contributed by atoms with Crippen LogP contribution in [0.5, 0.6) is 23.3 Å². The molecule has 6 rings (SSSR count).